The SMILES string of the molecule is CCCOCc1ccc(CN)cn1. The highest BCUT2D eigenvalue weighted by molar-refractivity contribution is 5.13. The predicted molar refractivity (Wildman–Crippen MR) is 52.1 cm³/mol. The van der Waals surface area contributed by atoms with Crippen LogP contribution in [0.2, 0.25) is 0 Å². The summed E-state index contributed by atoms with van der Waals surface area (Å²) in [4.78, 5) is 4.22. The Hall–Kier alpha value is -0.930. The fourth-order valence-corrected chi connectivity index (χ4v) is 0.982. The molecule has 3 nitrogen and oxygen atoms in total. The minimum atomic E-state index is 0.545. The molecule has 0 unspecified atom stereocenters. The zero-order valence-corrected chi connectivity index (χ0v) is 7.99. The molecule has 0 atom stereocenters. The zero-order chi connectivity index (χ0) is 9.52. The minimum Gasteiger partial charge on any atom is -0.375 e. The van der Waals surface area contributed by atoms with E-state index >= 15 is 0 Å². The summed E-state index contributed by atoms with van der Waals surface area (Å²) in [7, 11) is 0. The molecule has 0 saturated carbocycles. The van der Waals surface area contributed by atoms with Crippen molar-refractivity contribution < 1.29 is 4.74 Å². The minimum absolute atomic E-state index is 0.545. The number of aromatic nitrogens is 1. The van der Waals surface area contributed by atoms with Gasteiger partial charge < -0.3 is 10.5 Å². The van der Waals surface area contributed by atoms with Crippen LogP contribution in [0.5, 0.6) is 0 Å². The lowest BCUT2D eigenvalue weighted by Crippen LogP contribution is -2.00. The predicted octanol–water partition coefficient (Wildman–Crippen LogP) is 1.47. The number of hydrogen-bond acceptors (Lipinski definition) is 3. The normalized spacial score (nSPS) is 10.3. The van der Waals surface area contributed by atoms with E-state index in [4.69, 9.17) is 10.5 Å². The first kappa shape index (κ1) is 10.2. The van der Waals surface area contributed by atoms with E-state index in [1.165, 1.54) is 0 Å². The maximum atomic E-state index is 5.45. The van der Waals surface area contributed by atoms with Gasteiger partial charge in [0.25, 0.3) is 0 Å². The number of ether oxygens (including phenoxy) is 1. The Balaban J connectivity index is 2.40. The third kappa shape index (κ3) is 3.53. The maximum Gasteiger partial charge on any atom is 0.0887 e. The van der Waals surface area contributed by atoms with Crippen molar-refractivity contribution in [3.05, 3.63) is 29.6 Å². The van der Waals surface area contributed by atoms with Crippen LogP contribution in [0.4, 0.5) is 0 Å². The van der Waals surface area contributed by atoms with Crippen LogP contribution >= 0.6 is 0 Å². The van der Waals surface area contributed by atoms with E-state index in [9.17, 15) is 0 Å². The van der Waals surface area contributed by atoms with Gasteiger partial charge in [-0.1, -0.05) is 13.0 Å². The lowest BCUT2D eigenvalue weighted by molar-refractivity contribution is 0.119. The molecular weight excluding hydrogens is 164 g/mol. The standard InChI is InChI=1S/C10H16N2O/c1-2-5-13-8-10-4-3-9(6-11)7-12-10/h3-4,7H,2,5-6,8,11H2,1H3. The van der Waals surface area contributed by atoms with E-state index in [0.29, 0.717) is 13.2 Å². The molecule has 1 aromatic heterocycles. The molecule has 0 aliphatic carbocycles. The summed E-state index contributed by atoms with van der Waals surface area (Å²) < 4.78 is 5.35. The number of hydrogen-bond donors (Lipinski definition) is 1. The third-order valence-corrected chi connectivity index (χ3v) is 1.72. The zero-order valence-electron chi connectivity index (χ0n) is 7.99. The summed E-state index contributed by atoms with van der Waals surface area (Å²) in [5.41, 5.74) is 7.47. The molecule has 0 radical (unpaired) electrons. The molecule has 0 saturated heterocycles. The van der Waals surface area contributed by atoms with Gasteiger partial charge in [0.2, 0.25) is 0 Å². The Kier molecular flexibility index (Phi) is 4.43. The van der Waals surface area contributed by atoms with Crippen molar-refractivity contribution in [3.63, 3.8) is 0 Å². The molecule has 0 amide bonds. The monoisotopic (exact) mass is 180 g/mol. The molecule has 1 aromatic rings. The van der Waals surface area contributed by atoms with Crippen molar-refractivity contribution in [2.24, 2.45) is 5.73 Å². The largest absolute Gasteiger partial charge is 0.375 e. The Labute approximate surface area is 78.9 Å². The van der Waals surface area contributed by atoms with Gasteiger partial charge in [-0.05, 0) is 18.1 Å². The quantitative estimate of drug-likeness (QED) is 0.698. The highest BCUT2D eigenvalue weighted by Gasteiger charge is 1.94. The first-order valence-corrected chi connectivity index (χ1v) is 4.58. The van der Waals surface area contributed by atoms with Crippen LogP contribution in [-0.2, 0) is 17.9 Å². The molecule has 1 heterocycles. The Morgan fingerprint density at radius 3 is 2.85 bits per heavy atom. The van der Waals surface area contributed by atoms with Gasteiger partial charge in [-0.2, -0.15) is 0 Å². The lowest BCUT2D eigenvalue weighted by Gasteiger charge is -2.02. The highest BCUT2D eigenvalue weighted by atomic mass is 16.5. The molecule has 0 fully saturated rings. The molecule has 0 spiro atoms. The average Bonchev–Trinajstić information content (AvgIpc) is 2.19. The van der Waals surface area contributed by atoms with Crippen molar-refractivity contribution in [2.45, 2.75) is 26.5 Å². The number of nitrogens with zero attached hydrogens (tertiary/aromatic N) is 1. The van der Waals surface area contributed by atoms with Crippen molar-refractivity contribution >= 4 is 0 Å². The second-order valence-electron chi connectivity index (χ2n) is 2.91. The molecule has 0 aliphatic rings. The third-order valence-electron chi connectivity index (χ3n) is 1.72. The molecule has 3 heteroatoms. The van der Waals surface area contributed by atoms with Gasteiger partial charge >= 0.3 is 0 Å². The molecule has 0 bridgehead atoms. The van der Waals surface area contributed by atoms with Gasteiger partial charge in [0.15, 0.2) is 0 Å². The van der Waals surface area contributed by atoms with Gasteiger partial charge in [0.05, 0.1) is 12.3 Å². The Bertz CT molecular complexity index is 233. The van der Waals surface area contributed by atoms with Crippen molar-refractivity contribution in [1.82, 2.24) is 4.98 Å². The second kappa shape index (κ2) is 5.67. The first-order chi connectivity index (χ1) is 6.36. The van der Waals surface area contributed by atoms with Crippen LogP contribution < -0.4 is 5.73 Å². The molecule has 2 N–H and O–H groups in total. The van der Waals surface area contributed by atoms with E-state index in [2.05, 4.69) is 11.9 Å². The van der Waals surface area contributed by atoms with Gasteiger partial charge in [-0.25, -0.2) is 0 Å². The Morgan fingerprint density at radius 2 is 2.31 bits per heavy atom. The average molecular weight is 180 g/mol. The van der Waals surface area contributed by atoms with E-state index < -0.39 is 0 Å². The molecule has 13 heavy (non-hydrogen) atoms. The summed E-state index contributed by atoms with van der Waals surface area (Å²) in [6, 6.07) is 3.94. The second-order valence-corrected chi connectivity index (χ2v) is 2.91. The fraction of sp³-hybridized carbons (Fsp3) is 0.500. The van der Waals surface area contributed by atoms with Gasteiger partial charge in [0, 0.05) is 19.3 Å². The van der Waals surface area contributed by atoms with Gasteiger partial charge in [-0.3, -0.25) is 4.98 Å². The maximum absolute atomic E-state index is 5.45. The topological polar surface area (TPSA) is 48.1 Å². The fourth-order valence-electron chi connectivity index (χ4n) is 0.982. The smallest absolute Gasteiger partial charge is 0.0887 e. The van der Waals surface area contributed by atoms with Crippen LogP contribution in [0, 0.1) is 0 Å². The number of rotatable bonds is 5. The van der Waals surface area contributed by atoms with Crippen molar-refractivity contribution in [2.75, 3.05) is 6.61 Å². The summed E-state index contributed by atoms with van der Waals surface area (Å²) in [6.45, 7) is 4.02. The lowest BCUT2D eigenvalue weighted by atomic mass is 10.2. The number of pyridine rings is 1. The van der Waals surface area contributed by atoms with E-state index in [1.807, 2.05) is 12.1 Å². The van der Waals surface area contributed by atoms with Crippen molar-refractivity contribution in [3.8, 4) is 0 Å². The summed E-state index contributed by atoms with van der Waals surface area (Å²) in [5.74, 6) is 0. The van der Waals surface area contributed by atoms with Crippen LogP contribution in [0.15, 0.2) is 18.3 Å². The van der Waals surface area contributed by atoms with Gasteiger partial charge in [0.1, 0.15) is 0 Å². The Morgan fingerprint density at radius 1 is 1.46 bits per heavy atom. The summed E-state index contributed by atoms with van der Waals surface area (Å²) in [6.07, 6.45) is 2.84. The number of nitrogens with two attached hydrogens (primary N) is 1. The summed E-state index contributed by atoms with van der Waals surface area (Å²) in [5, 5.41) is 0. The van der Waals surface area contributed by atoms with E-state index in [1.54, 1.807) is 6.20 Å². The van der Waals surface area contributed by atoms with Crippen LogP contribution in [0.3, 0.4) is 0 Å². The molecule has 0 aromatic carbocycles. The molecular formula is C10H16N2O. The highest BCUT2D eigenvalue weighted by Crippen LogP contribution is 2.00. The molecule has 72 valence electrons. The molecule has 1 rings (SSSR count). The van der Waals surface area contributed by atoms with Crippen LogP contribution in [0.1, 0.15) is 24.6 Å². The van der Waals surface area contributed by atoms with Crippen LogP contribution in [-0.4, -0.2) is 11.6 Å². The van der Waals surface area contributed by atoms with E-state index in [-0.39, 0.29) is 0 Å². The van der Waals surface area contributed by atoms with Crippen molar-refractivity contribution in [1.29, 1.82) is 0 Å². The van der Waals surface area contributed by atoms with Gasteiger partial charge in [-0.15, -0.1) is 0 Å². The first-order valence-electron chi connectivity index (χ1n) is 4.58. The van der Waals surface area contributed by atoms with E-state index in [0.717, 1.165) is 24.3 Å². The molecule has 0 aliphatic heterocycles. The van der Waals surface area contributed by atoms with Crippen LogP contribution in [0.25, 0.3) is 0 Å². The summed E-state index contributed by atoms with van der Waals surface area (Å²) >= 11 is 0.